The molecule has 3 rings (SSSR count). The summed E-state index contributed by atoms with van der Waals surface area (Å²) in [6, 6.07) is 10.0. The predicted octanol–water partition coefficient (Wildman–Crippen LogP) is 4.11. The second-order valence-electron chi connectivity index (χ2n) is 7.36. The van der Waals surface area contributed by atoms with Gasteiger partial charge in [-0.25, -0.2) is 0 Å². The minimum atomic E-state index is 0.0972. The second kappa shape index (κ2) is 9.99. The summed E-state index contributed by atoms with van der Waals surface area (Å²) in [6.07, 6.45) is 8.31. The molecular weight excluding hydrogens is 360 g/mol. The van der Waals surface area contributed by atoms with Gasteiger partial charge in [-0.1, -0.05) is 25.1 Å². The number of piperazine rings is 1. The number of amides is 1. The van der Waals surface area contributed by atoms with Gasteiger partial charge in [-0.2, -0.15) is 5.26 Å². The van der Waals surface area contributed by atoms with Crippen LogP contribution >= 0.6 is 0 Å². The highest BCUT2D eigenvalue weighted by atomic mass is 16.2. The first-order valence-corrected chi connectivity index (χ1v) is 10.3. The Morgan fingerprint density at radius 3 is 2.45 bits per heavy atom. The summed E-state index contributed by atoms with van der Waals surface area (Å²) in [6.45, 7) is 7.36. The molecule has 1 amide bonds. The van der Waals surface area contributed by atoms with E-state index in [0.717, 1.165) is 73.4 Å². The third kappa shape index (κ3) is 5.30. The van der Waals surface area contributed by atoms with Crippen LogP contribution in [0.3, 0.4) is 0 Å². The van der Waals surface area contributed by atoms with Crippen molar-refractivity contribution in [2.24, 2.45) is 4.99 Å². The number of nitriles is 1. The van der Waals surface area contributed by atoms with Crippen LogP contribution in [0.4, 0.5) is 0 Å². The lowest BCUT2D eigenvalue weighted by Gasteiger charge is -2.27. The molecule has 150 valence electrons. The molecule has 1 N–H and O–H groups in total. The summed E-state index contributed by atoms with van der Waals surface area (Å²) in [5, 5.41) is 12.3. The number of carbonyl (C=O) groups is 1. The smallest absolute Gasteiger partial charge is 0.253 e. The Morgan fingerprint density at radius 2 is 1.86 bits per heavy atom. The molecule has 29 heavy (non-hydrogen) atoms. The Hall–Kier alpha value is -2.97. The Bertz CT molecular complexity index is 907. The standard InChI is InChI=1S/C24H28N4O/c1-3-23(21-6-4-19(16-25)5-7-21)27-17-18(2)20-8-10-22(11-9-20)24(29)28-14-12-26-13-15-28/h4,6,8-11,17,26H,3,5,7,12-15H2,1-2H3/b18-17+,27-23?. The van der Waals surface area contributed by atoms with E-state index in [1.807, 2.05) is 54.4 Å². The number of benzene rings is 1. The third-order valence-electron chi connectivity index (χ3n) is 5.40. The first kappa shape index (κ1) is 20.8. The molecule has 2 aliphatic rings. The van der Waals surface area contributed by atoms with Gasteiger partial charge in [-0.3, -0.25) is 9.79 Å². The minimum absolute atomic E-state index is 0.0972. The van der Waals surface area contributed by atoms with Crippen LogP contribution in [0.5, 0.6) is 0 Å². The Labute approximate surface area is 173 Å². The van der Waals surface area contributed by atoms with E-state index in [0.29, 0.717) is 0 Å². The first-order chi connectivity index (χ1) is 14.1. The van der Waals surface area contributed by atoms with Crippen LogP contribution in [0.1, 0.15) is 49.0 Å². The lowest BCUT2D eigenvalue weighted by atomic mass is 9.95. The van der Waals surface area contributed by atoms with Crippen molar-refractivity contribution in [2.75, 3.05) is 26.2 Å². The van der Waals surface area contributed by atoms with Gasteiger partial charge in [0.1, 0.15) is 0 Å². The molecule has 0 atom stereocenters. The zero-order chi connectivity index (χ0) is 20.6. The highest BCUT2D eigenvalue weighted by molar-refractivity contribution is 6.01. The Morgan fingerprint density at radius 1 is 1.17 bits per heavy atom. The number of aliphatic imine (C=N–C) groups is 1. The molecule has 1 aromatic carbocycles. The molecular formula is C24H28N4O. The molecule has 0 saturated carbocycles. The van der Waals surface area contributed by atoms with Crippen molar-refractivity contribution >= 4 is 17.2 Å². The van der Waals surface area contributed by atoms with Crippen LogP contribution in [0.25, 0.3) is 5.57 Å². The molecule has 1 aliphatic carbocycles. The summed E-state index contributed by atoms with van der Waals surface area (Å²) in [4.78, 5) is 19.2. The highest BCUT2D eigenvalue weighted by Gasteiger charge is 2.17. The van der Waals surface area contributed by atoms with Crippen LogP contribution in [-0.2, 0) is 0 Å². The number of rotatable bonds is 5. The fourth-order valence-corrected chi connectivity index (χ4v) is 3.55. The average Bonchev–Trinajstić information content (AvgIpc) is 2.80. The van der Waals surface area contributed by atoms with Gasteiger partial charge in [-0.05, 0) is 61.1 Å². The van der Waals surface area contributed by atoms with Crippen molar-refractivity contribution in [3.63, 3.8) is 0 Å². The van der Waals surface area contributed by atoms with E-state index < -0.39 is 0 Å². The minimum Gasteiger partial charge on any atom is -0.336 e. The number of carbonyl (C=O) groups excluding carboxylic acids is 1. The predicted molar refractivity (Wildman–Crippen MR) is 118 cm³/mol. The number of nitrogens with one attached hydrogen (secondary N) is 1. The molecule has 1 aromatic rings. The van der Waals surface area contributed by atoms with E-state index >= 15 is 0 Å². The fraction of sp³-hybridized carbons (Fsp3) is 0.375. The van der Waals surface area contributed by atoms with Crippen LogP contribution in [0, 0.1) is 11.3 Å². The van der Waals surface area contributed by atoms with Gasteiger partial charge >= 0.3 is 0 Å². The summed E-state index contributed by atoms with van der Waals surface area (Å²) in [7, 11) is 0. The first-order valence-electron chi connectivity index (χ1n) is 10.3. The van der Waals surface area contributed by atoms with Crippen molar-refractivity contribution in [1.29, 1.82) is 5.26 Å². The van der Waals surface area contributed by atoms with Gasteiger partial charge in [0.25, 0.3) is 5.91 Å². The third-order valence-corrected chi connectivity index (χ3v) is 5.40. The van der Waals surface area contributed by atoms with E-state index in [1.165, 1.54) is 5.57 Å². The average molecular weight is 389 g/mol. The molecule has 5 heteroatoms. The molecule has 0 radical (unpaired) electrons. The Balaban J connectivity index is 1.71. The summed E-state index contributed by atoms with van der Waals surface area (Å²) in [5.41, 5.74) is 5.93. The van der Waals surface area contributed by atoms with Crippen molar-refractivity contribution in [2.45, 2.75) is 33.1 Å². The van der Waals surface area contributed by atoms with Gasteiger partial charge in [0, 0.05) is 49.2 Å². The lowest BCUT2D eigenvalue weighted by Crippen LogP contribution is -2.46. The lowest BCUT2D eigenvalue weighted by molar-refractivity contribution is 0.0736. The van der Waals surface area contributed by atoms with Crippen LogP contribution in [0.15, 0.2) is 58.8 Å². The van der Waals surface area contributed by atoms with Gasteiger partial charge in [-0.15, -0.1) is 0 Å². The maximum atomic E-state index is 12.6. The van der Waals surface area contributed by atoms with E-state index in [4.69, 9.17) is 10.3 Å². The van der Waals surface area contributed by atoms with Gasteiger partial charge in [0.15, 0.2) is 0 Å². The van der Waals surface area contributed by atoms with Gasteiger partial charge in [0.05, 0.1) is 6.07 Å². The largest absolute Gasteiger partial charge is 0.336 e. The zero-order valence-corrected chi connectivity index (χ0v) is 17.2. The van der Waals surface area contributed by atoms with Crippen LogP contribution in [-0.4, -0.2) is 42.7 Å². The summed E-state index contributed by atoms with van der Waals surface area (Å²) in [5.74, 6) is 0.0972. The molecule has 5 nitrogen and oxygen atoms in total. The highest BCUT2D eigenvalue weighted by Crippen LogP contribution is 2.21. The normalized spacial score (nSPS) is 18.0. The molecule has 1 fully saturated rings. The number of hydrogen-bond acceptors (Lipinski definition) is 4. The maximum absolute atomic E-state index is 12.6. The maximum Gasteiger partial charge on any atom is 0.253 e. The topological polar surface area (TPSA) is 68.5 Å². The number of hydrogen-bond donors (Lipinski definition) is 1. The monoisotopic (exact) mass is 388 g/mol. The van der Waals surface area contributed by atoms with E-state index in [9.17, 15) is 4.79 Å². The summed E-state index contributed by atoms with van der Waals surface area (Å²) >= 11 is 0. The van der Waals surface area contributed by atoms with Crippen molar-refractivity contribution < 1.29 is 4.79 Å². The number of allylic oxidation sites excluding steroid dienone is 5. The SMILES string of the molecule is CCC(=N/C=C(\C)c1ccc(C(=O)N2CCNCC2)cc1)C1=CC=C(C#N)CC1. The van der Waals surface area contributed by atoms with Gasteiger partial charge < -0.3 is 10.2 Å². The van der Waals surface area contributed by atoms with Crippen molar-refractivity contribution in [1.82, 2.24) is 10.2 Å². The van der Waals surface area contributed by atoms with Gasteiger partial charge in [0.2, 0.25) is 0 Å². The number of nitrogens with zero attached hydrogens (tertiary/aromatic N) is 3. The van der Waals surface area contributed by atoms with Crippen LogP contribution in [0.2, 0.25) is 0 Å². The van der Waals surface area contributed by atoms with Crippen molar-refractivity contribution in [3.05, 3.63) is 64.9 Å². The molecule has 0 aromatic heterocycles. The van der Waals surface area contributed by atoms with Crippen molar-refractivity contribution in [3.8, 4) is 6.07 Å². The zero-order valence-electron chi connectivity index (χ0n) is 17.2. The fourth-order valence-electron chi connectivity index (χ4n) is 3.55. The van der Waals surface area contributed by atoms with Crippen LogP contribution < -0.4 is 5.32 Å². The molecule has 1 saturated heterocycles. The molecule has 1 aliphatic heterocycles. The molecule has 1 heterocycles. The van der Waals surface area contributed by atoms with E-state index in [1.54, 1.807) is 0 Å². The second-order valence-corrected chi connectivity index (χ2v) is 7.36. The molecule has 0 unspecified atom stereocenters. The summed E-state index contributed by atoms with van der Waals surface area (Å²) < 4.78 is 0. The van der Waals surface area contributed by atoms with E-state index in [-0.39, 0.29) is 5.91 Å². The molecule has 0 spiro atoms. The molecule has 0 bridgehead atoms. The Kier molecular flexibility index (Phi) is 7.15. The quantitative estimate of drug-likeness (QED) is 0.772. The van der Waals surface area contributed by atoms with E-state index in [2.05, 4.69) is 18.3 Å².